The lowest BCUT2D eigenvalue weighted by Gasteiger charge is -2.16. The van der Waals surface area contributed by atoms with E-state index < -0.39 is 0 Å². The summed E-state index contributed by atoms with van der Waals surface area (Å²) in [5.74, 6) is 0.878. The van der Waals surface area contributed by atoms with Gasteiger partial charge in [0.15, 0.2) is 0 Å². The molecule has 0 bridgehead atoms. The van der Waals surface area contributed by atoms with Gasteiger partial charge in [0.05, 0.1) is 7.11 Å². The van der Waals surface area contributed by atoms with Crippen molar-refractivity contribution in [2.75, 3.05) is 14.2 Å². The van der Waals surface area contributed by atoms with E-state index in [2.05, 4.69) is 27.4 Å². The maximum absolute atomic E-state index is 5.15. The highest BCUT2D eigenvalue weighted by atomic mass is 16.5. The summed E-state index contributed by atoms with van der Waals surface area (Å²) in [5, 5.41) is 3.28. The molecule has 1 aromatic heterocycles. The minimum Gasteiger partial charge on any atom is -0.497 e. The van der Waals surface area contributed by atoms with Crippen LogP contribution in [0.5, 0.6) is 5.75 Å². The molecule has 18 heavy (non-hydrogen) atoms. The van der Waals surface area contributed by atoms with Crippen LogP contribution < -0.4 is 10.1 Å². The lowest BCUT2D eigenvalue weighted by molar-refractivity contribution is 0.414. The summed E-state index contributed by atoms with van der Waals surface area (Å²) in [4.78, 5) is 8.10. The second-order valence-electron chi connectivity index (χ2n) is 4.07. The zero-order valence-electron chi connectivity index (χ0n) is 10.6. The van der Waals surface area contributed by atoms with Crippen LogP contribution in [0.4, 0.5) is 0 Å². The van der Waals surface area contributed by atoms with Gasteiger partial charge in [-0.25, -0.2) is 9.97 Å². The Balaban J connectivity index is 2.10. The Morgan fingerprint density at radius 1 is 1.17 bits per heavy atom. The van der Waals surface area contributed by atoms with Gasteiger partial charge in [0.1, 0.15) is 12.1 Å². The van der Waals surface area contributed by atoms with E-state index in [9.17, 15) is 0 Å². The number of nitrogens with zero attached hydrogens (tertiary/aromatic N) is 2. The molecule has 4 heteroatoms. The number of methoxy groups -OCH3 is 1. The number of likely N-dealkylation sites (N-methyl/N-ethyl adjacent to an activating group) is 1. The van der Waals surface area contributed by atoms with Crippen LogP contribution in [0, 0.1) is 0 Å². The molecule has 2 rings (SSSR count). The molecule has 0 fully saturated rings. The van der Waals surface area contributed by atoms with Crippen LogP contribution in [0.15, 0.2) is 43.0 Å². The van der Waals surface area contributed by atoms with Gasteiger partial charge in [0.2, 0.25) is 0 Å². The number of benzene rings is 1. The zero-order valence-corrected chi connectivity index (χ0v) is 10.6. The van der Waals surface area contributed by atoms with E-state index in [1.165, 1.54) is 5.56 Å². The molecule has 1 atom stereocenters. The average Bonchev–Trinajstić information content (AvgIpc) is 2.46. The first-order chi connectivity index (χ1) is 8.83. The molecule has 2 aromatic rings. The van der Waals surface area contributed by atoms with Crippen LogP contribution in [-0.2, 0) is 6.42 Å². The Kier molecular flexibility index (Phi) is 4.25. The minimum absolute atomic E-state index is 0.222. The number of rotatable bonds is 5. The quantitative estimate of drug-likeness (QED) is 0.872. The zero-order chi connectivity index (χ0) is 12.8. The molecule has 0 aliphatic rings. The molecular weight excluding hydrogens is 226 g/mol. The molecule has 4 nitrogen and oxygen atoms in total. The first-order valence-corrected chi connectivity index (χ1v) is 5.88. The second-order valence-corrected chi connectivity index (χ2v) is 4.07. The van der Waals surface area contributed by atoms with Gasteiger partial charge in [0, 0.05) is 24.0 Å². The molecule has 0 radical (unpaired) electrons. The van der Waals surface area contributed by atoms with Crippen LogP contribution in [0.3, 0.4) is 0 Å². The lowest BCUT2D eigenvalue weighted by atomic mass is 10.0. The van der Waals surface area contributed by atoms with Crippen molar-refractivity contribution in [3.8, 4) is 5.75 Å². The standard InChI is InChI=1S/C14H17N3O/c1-15-14(12-8-16-10-17-9-12)7-11-3-5-13(18-2)6-4-11/h3-6,8-10,14-15H,7H2,1-2H3. The highest BCUT2D eigenvalue weighted by Crippen LogP contribution is 2.18. The normalized spacial score (nSPS) is 12.1. The molecule has 0 spiro atoms. The Morgan fingerprint density at radius 2 is 1.83 bits per heavy atom. The van der Waals surface area contributed by atoms with Crippen LogP contribution >= 0.6 is 0 Å². The highest BCUT2D eigenvalue weighted by Gasteiger charge is 2.10. The summed E-state index contributed by atoms with van der Waals surface area (Å²) >= 11 is 0. The minimum atomic E-state index is 0.222. The van der Waals surface area contributed by atoms with Gasteiger partial charge in [-0.1, -0.05) is 12.1 Å². The van der Waals surface area contributed by atoms with E-state index in [-0.39, 0.29) is 6.04 Å². The second kappa shape index (κ2) is 6.12. The van der Waals surface area contributed by atoms with Gasteiger partial charge >= 0.3 is 0 Å². The van der Waals surface area contributed by atoms with Gasteiger partial charge in [0.25, 0.3) is 0 Å². The van der Waals surface area contributed by atoms with E-state index >= 15 is 0 Å². The summed E-state index contributed by atoms with van der Waals surface area (Å²) in [7, 11) is 3.62. The first kappa shape index (κ1) is 12.5. The molecule has 0 amide bonds. The molecular formula is C14H17N3O. The average molecular weight is 243 g/mol. The van der Waals surface area contributed by atoms with Crippen molar-refractivity contribution in [2.24, 2.45) is 0 Å². The molecule has 0 saturated carbocycles. The van der Waals surface area contributed by atoms with Gasteiger partial charge in [-0.3, -0.25) is 0 Å². The number of hydrogen-bond acceptors (Lipinski definition) is 4. The predicted octanol–water partition coefficient (Wildman–Crippen LogP) is 1.99. The molecule has 1 unspecified atom stereocenters. The van der Waals surface area contributed by atoms with E-state index in [1.807, 2.05) is 31.6 Å². The molecule has 94 valence electrons. The van der Waals surface area contributed by atoms with Crippen molar-refractivity contribution in [1.29, 1.82) is 0 Å². The van der Waals surface area contributed by atoms with E-state index in [0.717, 1.165) is 17.7 Å². The fraction of sp³-hybridized carbons (Fsp3) is 0.286. The maximum atomic E-state index is 5.15. The topological polar surface area (TPSA) is 47.0 Å². The van der Waals surface area contributed by atoms with Gasteiger partial charge < -0.3 is 10.1 Å². The molecule has 1 aromatic carbocycles. The fourth-order valence-electron chi connectivity index (χ4n) is 1.87. The Morgan fingerprint density at radius 3 is 2.39 bits per heavy atom. The van der Waals surface area contributed by atoms with Crippen LogP contribution in [0.1, 0.15) is 17.2 Å². The summed E-state index contributed by atoms with van der Waals surface area (Å²) in [6, 6.07) is 8.33. The van der Waals surface area contributed by atoms with Crippen molar-refractivity contribution >= 4 is 0 Å². The molecule has 1 N–H and O–H groups in total. The SMILES string of the molecule is CNC(Cc1ccc(OC)cc1)c1cncnc1. The third-order valence-corrected chi connectivity index (χ3v) is 2.93. The lowest BCUT2D eigenvalue weighted by Crippen LogP contribution is -2.19. The summed E-state index contributed by atoms with van der Waals surface area (Å²) in [6.45, 7) is 0. The van der Waals surface area contributed by atoms with Crippen molar-refractivity contribution in [1.82, 2.24) is 15.3 Å². The van der Waals surface area contributed by atoms with Crippen molar-refractivity contribution in [2.45, 2.75) is 12.5 Å². The van der Waals surface area contributed by atoms with E-state index in [1.54, 1.807) is 13.4 Å². The molecule has 0 saturated heterocycles. The van der Waals surface area contributed by atoms with E-state index in [4.69, 9.17) is 4.74 Å². The Bertz CT molecular complexity index is 470. The highest BCUT2D eigenvalue weighted by molar-refractivity contribution is 5.28. The van der Waals surface area contributed by atoms with Gasteiger partial charge in [-0.15, -0.1) is 0 Å². The van der Waals surface area contributed by atoms with Gasteiger partial charge in [-0.05, 0) is 31.2 Å². The van der Waals surface area contributed by atoms with Crippen molar-refractivity contribution in [3.63, 3.8) is 0 Å². The number of ether oxygens (including phenoxy) is 1. The number of hydrogen-bond donors (Lipinski definition) is 1. The van der Waals surface area contributed by atoms with Crippen LogP contribution in [0.25, 0.3) is 0 Å². The number of nitrogens with one attached hydrogen (secondary N) is 1. The smallest absolute Gasteiger partial charge is 0.118 e. The van der Waals surface area contributed by atoms with Crippen LogP contribution in [-0.4, -0.2) is 24.1 Å². The predicted molar refractivity (Wildman–Crippen MR) is 70.5 cm³/mol. The van der Waals surface area contributed by atoms with Crippen molar-refractivity contribution < 1.29 is 4.74 Å². The third-order valence-electron chi connectivity index (χ3n) is 2.93. The summed E-state index contributed by atoms with van der Waals surface area (Å²) in [6.07, 6.45) is 6.13. The summed E-state index contributed by atoms with van der Waals surface area (Å²) in [5.41, 5.74) is 2.34. The summed E-state index contributed by atoms with van der Waals surface area (Å²) < 4.78 is 5.15. The Labute approximate surface area is 107 Å². The Hall–Kier alpha value is -1.94. The van der Waals surface area contributed by atoms with Gasteiger partial charge in [-0.2, -0.15) is 0 Å². The van der Waals surface area contributed by atoms with Crippen LogP contribution in [0.2, 0.25) is 0 Å². The van der Waals surface area contributed by atoms with E-state index in [0.29, 0.717) is 0 Å². The first-order valence-electron chi connectivity index (χ1n) is 5.88. The monoisotopic (exact) mass is 243 g/mol. The molecule has 0 aliphatic heterocycles. The van der Waals surface area contributed by atoms with Crippen molar-refractivity contribution in [3.05, 3.63) is 54.1 Å². The molecule has 0 aliphatic carbocycles. The largest absolute Gasteiger partial charge is 0.497 e. The fourth-order valence-corrected chi connectivity index (χ4v) is 1.87. The maximum Gasteiger partial charge on any atom is 0.118 e. The number of aromatic nitrogens is 2. The third kappa shape index (κ3) is 3.05. The molecule has 1 heterocycles.